The molecule has 36 heavy (non-hydrogen) atoms. The first-order valence-corrected chi connectivity index (χ1v) is 12.5. The smallest absolute Gasteiger partial charge is 0.306 e. The van der Waals surface area contributed by atoms with Crippen LogP contribution in [0.4, 0.5) is 4.39 Å². The van der Waals surface area contributed by atoms with E-state index in [1.54, 1.807) is 26.8 Å². The van der Waals surface area contributed by atoms with E-state index >= 15 is 4.39 Å². The van der Waals surface area contributed by atoms with Gasteiger partial charge in [-0.05, 0) is 56.1 Å². The summed E-state index contributed by atoms with van der Waals surface area (Å²) in [5.74, 6) is -4.31. The van der Waals surface area contributed by atoms with Crippen LogP contribution in [0.3, 0.4) is 0 Å². The molecule has 0 amide bonds. The number of aliphatic hydroxyl groups is 2. The zero-order valence-corrected chi connectivity index (χ0v) is 21.2. The maximum atomic E-state index is 17.4. The summed E-state index contributed by atoms with van der Waals surface area (Å²) in [6.45, 7) is 6.25. The largest absolute Gasteiger partial charge is 0.481 e. The summed E-state index contributed by atoms with van der Waals surface area (Å²) in [7, 11) is 0. The van der Waals surface area contributed by atoms with Crippen molar-refractivity contribution in [3.63, 3.8) is 0 Å². The number of alkyl halides is 1. The lowest BCUT2D eigenvalue weighted by Crippen LogP contribution is -2.72. The molecule has 0 saturated heterocycles. The third-order valence-electron chi connectivity index (χ3n) is 10.3. The van der Waals surface area contributed by atoms with Gasteiger partial charge in [0.15, 0.2) is 18.1 Å². The Hall–Kier alpha value is -2.39. The Labute approximate surface area is 209 Å². The fourth-order valence-electron chi connectivity index (χ4n) is 8.22. The highest BCUT2D eigenvalue weighted by Crippen LogP contribution is 2.75. The molecule has 4 rings (SSSR count). The first kappa shape index (κ1) is 26.7. The number of carbonyl (C=O) groups is 4. The number of fused-ring (bicyclic) bond motifs is 5. The van der Waals surface area contributed by atoms with Gasteiger partial charge >= 0.3 is 11.9 Å². The second-order valence-electron chi connectivity index (χ2n) is 11.8. The molecule has 4 aliphatic carbocycles. The van der Waals surface area contributed by atoms with Crippen molar-refractivity contribution in [2.24, 2.45) is 28.1 Å². The second kappa shape index (κ2) is 8.31. The second-order valence-corrected chi connectivity index (χ2v) is 11.8. The Balaban J connectivity index is 1.68. The number of Topliss-reactive ketones (excluding diaryl/α,β-unsaturated/α-hetero) is 1. The zero-order valence-electron chi connectivity index (χ0n) is 21.2. The lowest BCUT2D eigenvalue weighted by molar-refractivity contribution is -0.247. The van der Waals surface area contributed by atoms with Crippen LogP contribution in [-0.4, -0.2) is 62.8 Å². The van der Waals surface area contributed by atoms with Crippen molar-refractivity contribution in [1.29, 1.82) is 0 Å². The summed E-state index contributed by atoms with van der Waals surface area (Å²) in [6, 6.07) is 0. The fraction of sp³-hybridized carbons (Fsp3) is 0.704. The number of carbonyl (C=O) groups excluding carboxylic acids is 3. The molecule has 0 unspecified atom stereocenters. The van der Waals surface area contributed by atoms with E-state index in [2.05, 4.69) is 0 Å². The van der Waals surface area contributed by atoms with E-state index in [1.807, 2.05) is 6.92 Å². The van der Waals surface area contributed by atoms with Gasteiger partial charge in [0, 0.05) is 16.7 Å². The molecule has 0 heterocycles. The number of hydrogen-bond donors (Lipinski definition) is 3. The molecule has 0 spiro atoms. The average molecular weight is 507 g/mol. The van der Waals surface area contributed by atoms with Gasteiger partial charge in [-0.25, -0.2) is 4.39 Å². The lowest BCUT2D eigenvalue weighted by atomic mass is 9.40. The molecule has 0 bridgehead atoms. The minimum Gasteiger partial charge on any atom is -0.481 e. The van der Waals surface area contributed by atoms with Crippen LogP contribution in [0.1, 0.15) is 66.2 Å². The Morgan fingerprint density at radius 3 is 2.47 bits per heavy atom. The molecular formula is C27H35FO8. The number of aliphatic carboxylic acids is 1. The van der Waals surface area contributed by atoms with Gasteiger partial charge < -0.3 is 20.1 Å². The number of rotatable bonds is 6. The number of ketones is 2. The minimum absolute atomic E-state index is 0.194. The lowest BCUT2D eigenvalue weighted by Gasteiger charge is -2.66. The normalized spacial score (nSPS) is 45.2. The van der Waals surface area contributed by atoms with Gasteiger partial charge in [0.05, 0.1) is 18.9 Å². The molecule has 0 aromatic carbocycles. The molecule has 4 aliphatic rings. The van der Waals surface area contributed by atoms with E-state index in [0.29, 0.717) is 24.8 Å². The SMILES string of the molecule is C[C@@H]1C[C@@]2(C)[C@@H]3CCC4=CC(=O)C=C[C@]4(C)[C@@]3(F)[C@@H](O)C[C@]2(C)[C@@]1(O)C(=O)COC(=O)CCC(=O)O. The molecule has 3 fully saturated rings. The van der Waals surface area contributed by atoms with Crippen molar-refractivity contribution in [2.75, 3.05) is 6.61 Å². The van der Waals surface area contributed by atoms with Crippen molar-refractivity contribution in [1.82, 2.24) is 0 Å². The van der Waals surface area contributed by atoms with Crippen LogP contribution in [0.15, 0.2) is 23.8 Å². The average Bonchev–Trinajstić information content (AvgIpc) is 2.95. The van der Waals surface area contributed by atoms with Crippen molar-refractivity contribution in [3.8, 4) is 0 Å². The summed E-state index contributed by atoms with van der Waals surface area (Å²) in [5.41, 5.74) is -6.77. The molecule has 0 aromatic heterocycles. The quantitative estimate of drug-likeness (QED) is 0.468. The molecule has 8 atom stereocenters. The molecule has 0 aliphatic heterocycles. The van der Waals surface area contributed by atoms with Gasteiger partial charge in [-0.15, -0.1) is 0 Å². The highest BCUT2D eigenvalue weighted by atomic mass is 19.1. The number of ether oxygens (including phenoxy) is 1. The molecule has 3 N–H and O–H groups in total. The van der Waals surface area contributed by atoms with Crippen LogP contribution >= 0.6 is 0 Å². The highest BCUT2D eigenvalue weighted by Gasteiger charge is 2.79. The van der Waals surface area contributed by atoms with Gasteiger partial charge in [-0.2, -0.15) is 0 Å². The Morgan fingerprint density at radius 1 is 1.17 bits per heavy atom. The van der Waals surface area contributed by atoms with E-state index in [4.69, 9.17) is 9.84 Å². The summed E-state index contributed by atoms with van der Waals surface area (Å²) in [5, 5.41) is 32.1. The molecule has 198 valence electrons. The number of aliphatic hydroxyl groups excluding tert-OH is 1. The molecule has 0 aromatic rings. The summed E-state index contributed by atoms with van der Waals surface area (Å²) in [6.07, 6.45) is 2.93. The van der Waals surface area contributed by atoms with Crippen LogP contribution in [0.2, 0.25) is 0 Å². The van der Waals surface area contributed by atoms with Crippen molar-refractivity contribution < 1.29 is 43.6 Å². The van der Waals surface area contributed by atoms with E-state index in [9.17, 15) is 29.4 Å². The summed E-state index contributed by atoms with van der Waals surface area (Å²) >= 11 is 0. The van der Waals surface area contributed by atoms with Crippen molar-refractivity contribution in [2.45, 2.75) is 83.6 Å². The fourth-order valence-corrected chi connectivity index (χ4v) is 8.22. The van der Waals surface area contributed by atoms with Crippen molar-refractivity contribution >= 4 is 23.5 Å². The molecule has 3 saturated carbocycles. The first-order valence-electron chi connectivity index (χ1n) is 12.5. The van der Waals surface area contributed by atoms with Crippen LogP contribution in [0.25, 0.3) is 0 Å². The zero-order chi connectivity index (χ0) is 26.9. The monoisotopic (exact) mass is 506 g/mol. The van der Waals surface area contributed by atoms with Crippen LogP contribution < -0.4 is 0 Å². The Morgan fingerprint density at radius 2 is 1.83 bits per heavy atom. The molecule has 8 nitrogen and oxygen atoms in total. The Bertz CT molecular complexity index is 1080. The molecule has 0 radical (unpaired) electrons. The van der Waals surface area contributed by atoms with Gasteiger partial charge in [-0.1, -0.05) is 32.4 Å². The van der Waals surface area contributed by atoms with E-state index in [1.165, 1.54) is 12.2 Å². The number of allylic oxidation sites excluding steroid dienone is 4. The number of halogens is 1. The van der Waals surface area contributed by atoms with Gasteiger partial charge in [0.2, 0.25) is 5.78 Å². The van der Waals surface area contributed by atoms with E-state index < -0.39 is 82.6 Å². The maximum absolute atomic E-state index is 17.4. The number of carboxylic acid groups (broad SMARTS) is 1. The van der Waals surface area contributed by atoms with Gasteiger partial charge in [-0.3, -0.25) is 19.2 Å². The number of esters is 1. The standard InChI is InChI=1S/C27H35FO8/c1-15-12-24(3)18-6-5-16-11-17(29)9-10-23(16,2)26(18,28)19(30)13-25(24,4)27(15,35)20(31)14-36-22(34)8-7-21(32)33/h9-11,15,18-19,30,35H,5-8,12-14H2,1-4H3,(H,32,33)/t15-,18+,19+,23+,24+,25+,26+,27+/m1/s1. The summed E-state index contributed by atoms with van der Waals surface area (Å²) in [4.78, 5) is 48.0. The van der Waals surface area contributed by atoms with Crippen LogP contribution in [0.5, 0.6) is 0 Å². The maximum Gasteiger partial charge on any atom is 0.306 e. The first-order chi connectivity index (χ1) is 16.6. The van der Waals surface area contributed by atoms with Crippen LogP contribution in [0, 0.1) is 28.1 Å². The Kier molecular flexibility index (Phi) is 6.16. The summed E-state index contributed by atoms with van der Waals surface area (Å²) < 4.78 is 22.3. The topological polar surface area (TPSA) is 138 Å². The minimum atomic E-state index is -2.11. The van der Waals surface area contributed by atoms with Crippen LogP contribution in [-0.2, 0) is 23.9 Å². The van der Waals surface area contributed by atoms with Gasteiger partial charge in [0.1, 0.15) is 5.60 Å². The predicted molar refractivity (Wildman–Crippen MR) is 125 cm³/mol. The number of carboxylic acids is 1. The van der Waals surface area contributed by atoms with Crippen molar-refractivity contribution in [3.05, 3.63) is 23.8 Å². The molecular weight excluding hydrogens is 471 g/mol. The predicted octanol–water partition coefficient (Wildman–Crippen LogP) is 2.70. The molecule has 9 heteroatoms. The number of hydrogen-bond acceptors (Lipinski definition) is 7. The third-order valence-corrected chi connectivity index (χ3v) is 10.3. The van der Waals surface area contributed by atoms with Gasteiger partial charge in [0.25, 0.3) is 0 Å². The van der Waals surface area contributed by atoms with E-state index in [0.717, 1.165) is 0 Å². The highest BCUT2D eigenvalue weighted by molar-refractivity contribution is 6.01. The van der Waals surface area contributed by atoms with E-state index in [-0.39, 0.29) is 12.2 Å². The third kappa shape index (κ3) is 3.24.